The van der Waals surface area contributed by atoms with E-state index in [1.165, 1.54) is 6.08 Å². The second-order valence-corrected chi connectivity index (χ2v) is 5.15. The Kier molecular flexibility index (Phi) is 7.36. The van der Waals surface area contributed by atoms with E-state index in [1.54, 1.807) is 0 Å². The van der Waals surface area contributed by atoms with Crippen molar-refractivity contribution in [3.8, 4) is 0 Å². The van der Waals surface area contributed by atoms with Crippen LogP contribution < -0.4 is 0 Å². The maximum Gasteiger partial charge on any atom is 0.348 e. The highest BCUT2D eigenvalue weighted by molar-refractivity contribution is 7.55. The fourth-order valence-electron chi connectivity index (χ4n) is 0.168. The minimum atomic E-state index is -3.88. The maximum absolute atomic E-state index is 9.85. The van der Waals surface area contributed by atoms with Gasteiger partial charge in [0.1, 0.15) is 0 Å². The fraction of sp³-hybridized carbons (Fsp3) is 0.200. The molecule has 0 aromatic rings. The lowest BCUT2D eigenvalue weighted by atomic mass is 10.8. The third-order valence-electron chi connectivity index (χ3n) is 0.605. The molecular weight excluding hydrogens is 218 g/mol. The van der Waals surface area contributed by atoms with Gasteiger partial charge in [-0.2, -0.15) is 0 Å². The molecule has 13 heavy (non-hydrogen) atoms. The topological polar surface area (TPSA) is 115 Å². The number of allylic oxidation sites excluding steroid dienone is 1. The minimum Gasteiger partial charge on any atom is -0.324 e. The Bertz CT molecular complexity index is 248. The second kappa shape index (κ2) is 6.27. The van der Waals surface area contributed by atoms with Crippen LogP contribution in [0.5, 0.6) is 0 Å². The Balaban J connectivity index is 0. The van der Waals surface area contributed by atoms with Crippen molar-refractivity contribution in [3.63, 3.8) is 0 Å². The zero-order chi connectivity index (χ0) is 11.1. The van der Waals surface area contributed by atoms with Gasteiger partial charge < -0.3 is 19.6 Å². The molecule has 8 heteroatoms. The fourth-order valence-corrected chi connectivity index (χ4v) is 0.505. The summed E-state index contributed by atoms with van der Waals surface area (Å²) >= 11 is 0. The third kappa shape index (κ3) is 24.5. The molecule has 0 atom stereocenters. The molecular formula is C5H12O6P2. The molecule has 0 aliphatic heterocycles. The van der Waals surface area contributed by atoms with Gasteiger partial charge in [-0.25, -0.2) is 0 Å². The van der Waals surface area contributed by atoms with Crippen molar-refractivity contribution in [3.05, 3.63) is 25.1 Å². The predicted molar refractivity (Wildman–Crippen MR) is 49.3 cm³/mol. The summed E-state index contributed by atoms with van der Waals surface area (Å²) in [7, 11) is -7.67. The van der Waals surface area contributed by atoms with Gasteiger partial charge in [0, 0.05) is 5.82 Å². The van der Waals surface area contributed by atoms with Gasteiger partial charge in [-0.15, -0.1) is 6.58 Å². The number of hydrogen-bond donors (Lipinski definition) is 4. The molecule has 0 aromatic carbocycles. The quantitative estimate of drug-likeness (QED) is 0.418. The number of hydrogen-bond acceptors (Lipinski definition) is 2. The standard InChI is InChI=1S/C3H7O3P.C2H5O3P/c1-2-3-7(4,5)6;1-2-6(3,4)5/h2H,1,3H2,(H2,4,5,6);2H,1H2,(H2,3,4,5). The van der Waals surface area contributed by atoms with Crippen molar-refractivity contribution in [2.75, 3.05) is 6.16 Å². The van der Waals surface area contributed by atoms with Crippen molar-refractivity contribution in [1.29, 1.82) is 0 Å². The van der Waals surface area contributed by atoms with Crippen molar-refractivity contribution in [2.24, 2.45) is 0 Å². The van der Waals surface area contributed by atoms with Crippen molar-refractivity contribution >= 4 is 15.2 Å². The van der Waals surface area contributed by atoms with E-state index < -0.39 is 15.2 Å². The van der Waals surface area contributed by atoms with Crippen LogP contribution >= 0.6 is 15.2 Å². The molecule has 0 unspecified atom stereocenters. The highest BCUT2D eigenvalue weighted by Crippen LogP contribution is 2.34. The van der Waals surface area contributed by atoms with E-state index in [9.17, 15) is 9.13 Å². The van der Waals surface area contributed by atoms with Gasteiger partial charge in [0.15, 0.2) is 0 Å². The Labute approximate surface area is 75.9 Å². The summed E-state index contributed by atoms with van der Waals surface area (Å²) in [6.45, 7) is 6.02. The first kappa shape index (κ1) is 15.3. The second-order valence-electron chi connectivity index (χ2n) is 1.91. The van der Waals surface area contributed by atoms with Crippen LogP contribution in [-0.4, -0.2) is 25.7 Å². The largest absolute Gasteiger partial charge is 0.348 e. The van der Waals surface area contributed by atoms with E-state index in [2.05, 4.69) is 13.2 Å². The maximum atomic E-state index is 9.85. The molecule has 0 aromatic heterocycles. The van der Waals surface area contributed by atoms with Crippen LogP contribution in [0.1, 0.15) is 0 Å². The Hall–Kier alpha value is -0.220. The van der Waals surface area contributed by atoms with Crippen molar-refractivity contribution < 1.29 is 28.7 Å². The van der Waals surface area contributed by atoms with Crippen molar-refractivity contribution in [1.82, 2.24) is 0 Å². The molecule has 0 heterocycles. The zero-order valence-electron chi connectivity index (χ0n) is 6.78. The van der Waals surface area contributed by atoms with Crippen LogP contribution in [-0.2, 0) is 9.13 Å². The normalized spacial score (nSPS) is 11.1. The average Bonchev–Trinajstić information content (AvgIpc) is 1.84. The smallest absolute Gasteiger partial charge is 0.324 e. The lowest BCUT2D eigenvalue weighted by Gasteiger charge is -1.94. The Morgan fingerprint density at radius 2 is 1.38 bits per heavy atom. The van der Waals surface area contributed by atoms with Gasteiger partial charge in [-0.3, -0.25) is 9.13 Å². The Morgan fingerprint density at radius 1 is 1.08 bits per heavy atom. The summed E-state index contributed by atoms with van der Waals surface area (Å²) in [6, 6.07) is 0. The van der Waals surface area contributed by atoms with Crippen LogP contribution in [0.2, 0.25) is 0 Å². The molecule has 78 valence electrons. The van der Waals surface area contributed by atoms with Crippen LogP contribution in [0.3, 0.4) is 0 Å². The molecule has 0 bridgehead atoms. The molecule has 0 radical (unpaired) electrons. The van der Waals surface area contributed by atoms with Gasteiger partial charge in [0.05, 0.1) is 6.16 Å². The van der Waals surface area contributed by atoms with E-state index in [0.717, 1.165) is 0 Å². The zero-order valence-corrected chi connectivity index (χ0v) is 8.56. The van der Waals surface area contributed by atoms with Gasteiger partial charge >= 0.3 is 15.2 Å². The molecule has 6 nitrogen and oxygen atoms in total. The predicted octanol–water partition coefficient (Wildman–Crippen LogP) is 0.658. The summed E-state index contributed by atoms with van der Waals surface area (Å²) in [5, 5.41) is 0. The summed E-state index contributed by atoms with van der Waals surface area (Å²) in [5.74, 6) is 0.604. The highest BCUT2D eigenvalue weighted by atomic mass is 31.2. The first-order chi connectivity index (χ1) is 5.62. The average molecular weight is 230 g/mol. The summed E-state index contributed by atoms with van der Waals surface area (Å²) < 4.78 is 19.4. The molecule has 0 saturated carbocycles. The molecule has 0 aliphatic carbocycles. The van der Waals surface area contributed by atoms with Gasteiger partial charge in [0.2, 0.25) is 0 Å². The number of rotatable bonds is 3. The van der Waals surface area contributed by atoms with Gasteiger partial charge in [0.25, 0.3) is 0 Å². The van der Waals surface area contributed by atoms with Crippen LogP contribution in [0.25, 0.3) is 0 Å². The van der Waals surface area contributed by atoms with E-state index in [1.807, 2.05) is 0 Å². The van der Waals surface area contributed by atoms with E-state index in [-0.39, 0.29) is 6.16 Å². The van der Waals surface area contributed by atoms with Crippen LogP contribution in [0.15, 0.2) is 25.1 Å². The molecule has 0 amide bonds. The van der Waals surface area contributed by atoms with Crippen molar-refractivity contribution in [2.45, 2.75) is 0 Å². The third-order valence-corrected chi connectivity index (χ3v) is 1.81. The SMILES string of the molecule is C=CCP(=O)(O)O.C=CP(=O)(O)O. The first-order valence-electron chi connectivity index (χ1n) is 2.96. The van der Waals surface area contributed by atoms with E-state index in [0.29, 0.717) is 5.82 Å². The molecule has 0 saturated heterocycles. The lowest BCUT2D eigenvalue weighted by molar-refractivity contribution is 0.376. The minimum absolute atomic E-state index is 0.229. The first-order valence-corrected chi connectivity index (χ1v) is 6.44. The summed E-state index contributed by atoms with van der Waals surface area (Å²) in [5.41, 5.74) is 0. The monoisotopic (exact) mass is 230 g/mol. The molecule has 0 spiro atoms. The highest BCUT2D eigenvalue weighted by Gasteiger charge is 2.06. The van der Waals surface area contributed by atoms with Gasteiger partial charge in [-0.05, 0) is 0 Å². The molecule has 0 aliphatic rings. The molecule has 0 fully saturated rings. The van der Waals surface area contributed by atoms with Crippen LogP contribution in [0.4, 0.5) is 0 Å². The van der Waals surface area contributed by atoms with E-state index >= 15 is 0 Å². The lowest BCUT2D eigenvalue weighted by Crippen LogP contribution is -1.78. The van der Waals surface area contributed by atoms with E-state index in [4.69, 9.17) is 19.6 Å². The van der Waals surface area contributed by atoms with Crippen LogP contribution in [0, 0.1) is 0 Å². The summed E-state index contributed by atoms with van der Waals surface area (Å²) in [4.78, 5) is 31.8. The van der Waals surface area contributed by atoms with Gasteiger partial charge in [-0.1, -0.05) is 12.7 Å². The molecule has 4 N–H and O–H groups in total. The summed E-state index contributed by atoms with van der Waals surface area (Å²) in [6.07, 6.45) is 0.966. The molecule has 0 rings (SSSR count). The Morgan fingerprint density at radius 3 is 1.38 bits per heavy atom.